The number of aryl methyl sites for hydroxylation is 1. The first-order valence-corrected chi connectivity index (χ1v) is 11.6. The minimum atomic E-state index is -0.346. The van der Waals surface area contributed by atoms with Gasteiger partial charge in [0.15, 0.2) is 5.76 Å². The highest BCUT2D eigenvalue weighted by molar-refractivity contribution is 7.21. The molecule has 0 aliphatic carbocycles. The fourth-order valence-corrected chi connectivity index (χ4v) is 5.22. The average molecular weight is 495 g/mol. The van der Waals surface area contributed by atoms with Crippen molar-refractivity contribution in [3.8, 4) is 0 Å². The van der Waals surface area contributed by atoms with Crippen LogP contribution in [-0.4, -0.2) is 11.8 Å². The summed E-state index contributed by atoms with van der Waals surface area (Å²) in [6, 6.07) is 19.7. The van der Waals surface area contributed by atoms with Crippen molar-refractivity contribution in [2.24, 2.45) is 0 Å². The summed E-state index contributed by atoms with van der Waals surface area (Å²) in [5, 5.41) is 8.36. The largest absolute Gasteiger partial charge is 0.451 e. The molecule has 0 unspecified atom stereocenters. The van der Waals surface area contributed by atoms with Crippen LogP contribution in [-0.2, 0) is 0 Å². The molecule has 2 amide bonds. The van der Waals surface area contributed by atoms with Crippen LogP contribution in [0.5, 0.6) is 0 Å². The van der Waals surface area contributed by atoms with E-state index in [0.29, 0.717) is 31.9 Å². The minimum absolute atomic E-state index is 0.229. The Kier molecular flexibility index (Phi) is 5.58. The number of carbonyl (C=O) groups is 2. The topological polar surface area (TPSA) is 71.3 Å². The molecule has 2 N–H and O–H groups in total. The lowest BCUT2D eigenvalue weighted by atomic mass is 10.1. The van der Waals surface area contributed by atoms with E-state index in [4.69, 9.17) is 27.6 Å². The van der Waals surface area contributed by atoms with Gasteiger partial charge in [0.25, 0.3) is 11.8 Å². The normalized spacial score (nSPS) is 11.1. The van der Waals surface area contributed by atoms with Crippen LogP contribution in [0.25, 0.3) is 21.1 Å². The third-order valence-corrected chi connectivity index (χ3v) is 7.07. The molecule has 0 spiro atoms. The van der Waals surface area contributed by atoms with Crippen molar-refractivity contribution in [1.29, 1.82) is 0 Å². The standard InChI is InChI=1S/C25H16Cl2N2O3S/c1-13-10-16(28-25(31)23-22(27)17-8-6-15(26)12-21(17)33-23)7-9-18(13)29-24(30)20-11-14-4-2-3-5-19(14)32-20/h2-12H,1H3,(H,28,31)(H,29,30). The van der Waals surface area contributed by atoms with Gasteiger partial charge in [0.1, 0.15) is 10.5 Å². The molecule has 0 aliphatic rings. The van der Waals surface area contributed by atoms with E-state index in [9.17, 15) is 9.59 Å². The molecule has 0 radical (unpaired) electrons. The number of para-hydroxylation sites is 1. The molecule has 164 valence electrons. The zero-order valence-electron chi connectivity index (χ0n) is 17.2. The number of thiophene rings is 1. The van der Waals surface area contributed by atoms with Crippen LogP contribution in [0.4, 0.5) is 11.4 Å². The van der Waals surface area contributed by atoms with Gasteiger partial charge in [-0.2, -0.15) is 0 Å². The van der Waals surface area contributed by atoms with Crippen LogP contribution in [0.2, 0.25) is 10.0 Å². The van der Waals surface area contributed by atoms with E-state index >= 15 is 0 Å². The van der Waals surface area contributed by atoms with E-state index < -0.39 is 0 Å². The molecule has 3 aromatic carbocycles. The van der Waals surface area contributed by atoms with Gasteiger partial charge < -0.3 is 15.1 Å². The smallest absolute Gasteiger partial charge is 0.291 e. The summed E-state index contributed by atoms with van der Waals surface area (Å²) in [7, 11) is 0. The number of halogens is 2. The van der Waals surface area contributed by atoms with Crippen molar-refractivity contribution in [3.63, 3.8) is 0 Å². The molecule has 0 saturated heterocycles. The fourth-order valence-electron chi connectivity index (χ4n) is 3.53. The van der Waals surface area contributed by atoms with Crippen molar-refractivity contribution in [2.45, 2.75) is 6.92 Å². The average Bonchev–Trinajstić information content (AvgIpc) is 3.36. The Morgan fingerprint density at radius 1 is 0.909 bits per heavy atom. The highest BCUT2D eigenvalue weighted by atomic mass is 35.5. The van der Waals surface area contributed by atoms with Crippen LogP contribution in [0, 0.1) is 6.92 Å². The highest BCUT2D eigenvalue weighted by Gasteiger charge is 2.18. The molecule has 5 rings (SSSR count). The molecule has 0 bridgehead atoms. The van der Waals surface area contributed by atoms with Crippen molar-refractivity contribution in [3.05, 3.63) is 93.0 Å². The van der Waals surface area contributed by atoms with Crippen LogP contribution >= 0.6 is 34.5 Å². The Morgan fingerprint density at radius 2 is 1.73 bits per heavy atom. The highest BCUT2D eigenvalue weighted by Crippen LogP contribution is 2.37. The second-order valence-corrected chi connectivity index (χ2v) is 9.34. The van der Waals surface area contributed by atoms with E-state index in [-0.39, 0.29) is 17.6 Å². The van der Waals surface area contributed by atoms with Crippen molar-refractivity contribution in [2.75, 3.05) is 10.6 Å². The van der Waals surface area contributed by atoms with Crippen LogP contribution in [0.3, 0.4) is 0 Å². The Hall–Kier alpha value is -3.32. The lowest BCUT2D eigenvalue weighted by Crippen LogP contribution is -2.13. The monoisotopic (exact) mass is 494 g/mol. The van der Waals surface area contributed by atoms with Crippen LogP contribution in [0.15, 0.2) is 71.1 Å². The number of hydrogen-bond acceptors (Lipinski definition) is 4. The number of hydrogen-bond donors (Lipinski definition) is 2. The number of fused-ring (bicyclic) bond motifs is 2. The summed E-state index contributed by atoms with van der Waals surface area (Å²) >= 11 is 13.8. The Labute approximate surface area is 202 Å². The van der Waals surface area contributed by atoms with E-state index in [2.05, 4.69) is 10.6 Å². The first kappa shape index (κ1) is 21.5. The third kappa shape index (κ3) is 4.20. The summed E-state index contributed by atoms with van der Waals surface area (Å²) in [6.07, 6.45) is 0. The predicted octanol–water partition coefficient (Wildman–Crippen LogP) is 7.77. The van der Waals surface area contributed by atoms with Gasteiger partial charge in [-0.05, 0) is 55.0 Å². The molecule has 0 aliphatic heterocycles. The van der Waals surface area contributed by atoms with Gasteiger partial charge in [0.05, 0.1) is 5.02 Å². The molecular weight excluding hydrogens is 479 g/mol. The Morgan fingerprint density at radius 3 is 2.52 bits per heavy atom. The third-order valence-electron chi connectivity index (χ3n) is 5.18. The number of nitrogens with one attached hydrogen (secondary N) is 2. The molecular formula is C25H16Cl2N2O3S. The van der Waals surface area contributed by atoms with Crippen molar-refractivity contribution < 1.29 is 14.0 Å². The Balaban J connectivity index is 1.33. The number of benzene rings is 3. The zero-order valence-corrected chi connectivity index (χ0v) is 19.6. The second kappa shape index (κ2) is 8.56. The van der Waals surface area contributed by atoms with Gasteiger partial charge in [-0.15, -0.1) is 11.3 Å². The van der Waals surface area contributed by atoms with Crippen LogP contribution < -0.4 is 10.6 Å². The number of amides is 2. The maximum atomic E-state index is 12.8. The predicted molar refractivity (Wildman–Crippen MR) is 135 cm³/mol. The summed E-state index contributed by atoms with van der Waals surface area (Å²) in [5.74, 6) is -0.426. The molecule has 8 heteroatoms. The molecule has 0 saturated carbocycles. The van der Waals surface area contributed by atoms with Gasteiger partial charge >= 0.3 is 0 Å². The summed E-state index contributed by atoms with van der Waals surface area (Å²) in [6.45, 7) is 1.85. The number of anilines is 2. The first-order valence-electron chi connectivity index (χ1n) is 9.98. The minimum Gasteiger partial charge on any atom is -0.451 e. The molecule has 2 heterocycles. The summed E-state index contributed by atoms with van der Waals surface area (Å²) < 4.78 is 6.47. The fraction of sp³-hybridized carbons (Fsp3) is 0.0400. The molecule has 2 aromatic heterocycles. The molecule has 33 heavy (non-hydrogen) atoms. The van der Waals surface area contributed by atoms with E-state index in [1.807, 2.05) is 31.2 Å². The SMILES string of the molecule is Cc1cc(NC(=O)c2sc3cc(Cl)ccc3c2Cl)ccc1NC(=O)c1cc2ccccc2o1. The molecule has 0 atom stereocenters. The van der Waals surface area contributed by atoms with Gasteiger partial charge in [0.2, 0.25) is 0 Å². The summed E-state index contributed by atoms with van der Waals surface area (Å²) in [4.78, 5) is 25.9. The Bertz CT molecular complexity index is 1520. The van der Waals surface area contributed by atoms with Crippen molar-refractivity contribution in [1.82, 2.24) is 0 Å². The zero-order chi connectivity index (χ0) is 23.1. The molecule has 5 nitrogen and oxygen atoms in total. The van der Waals surface area contributed by atoms with E-state index in [1.54, 1.807) is 42.5 Å². The van der Waals surface area contributed by atoms with Gasteiger partial charge in [-0.1, -0.05) is 47.5 Å². The number of furan rings is 1. The summed E-state index contributed by atoms with van der Waals surface area (Å²) in [5.41, 5.74) is 2.64. The molecule has 5 aromatic rings. The maximum absolute atomic E-state index is 12.8. The second-order valence-electron chi connectivity index (χ2n) is 7.47. The van der Waals surface area contributed by atoms with E-state index in [0.717, 1.165) is 21.0 Å². The van der Waals surface area contributed by atoms with Crippen molar-refractivity contribution >= 4 is 78.8 Å². The van der Waals surface area contributed by atoms with E-state index in [1.165, 1.54) is 11.3 Å². The lowest BCUT2D eigenvalue weighted by Gasteiger charge is -2.10. The lowest BCUT2D eigenvalue weighted by molar-refractivity contribution is 0.0996. The first-order chi connectivity index (χ1) is 15.9. The quantitative estimate of drug-likeness (QED) is 0.268. The van der Waals surface area contributed by atoms with Gasteiger partial charge in [-0.3, -0.25) is 9.59 Å². The number of rotatable bonds is 4. The van der Waals surface area contributed by atoms with Gasteiger partial charge in [-0.25, -0.2) is 0 Å². The van der Waals surface area contributed by atoms with Crippen LogP contribution in [0.1, 0.15) is 25.8 Å². The maximum Gasteiger partial charge on any atom is 0.291 e. The molecule has 0 fully saturated rings. The van der Waals surface area contributed by atoms with Gasteiger partial charge in [0, 0.05) is 31.9 Å². The number of carbonyl (C=O) groups excluding carboxylic acids is 2.